The van der Waals surface area contributed by atoms with Crippen LogP contribution in [-0.2, 0) is 0 Å². The van der Waals surface area contributed by atoms with E-state index < -0.39 is 6.43 Å². The van der Waals surface area contributed by atoms with Gasteiger partial charge in [-0.2, -0.15) is 5.26 Å². The number of methoxy groups -OCH3 is 1. The average Bonchev–Trinajstić information content (AvgIpc) is 2.16. The molecule has 0 bridgehead atoms. The Kier molecular flexibility index (Phi) is 2.75. The van der Waals surface area contributed by atoms with Gasteiger partial charge in [0.15, 0.2) is 0 Å². The number of hydrogen-bond acceptors (Lipinski definition) is 3. The van der Waals surface area contributed by atoms with Crippen LogP contribution >= 0.6 is 0 Å². The molecule has 0 spiro atoms. The Labute approximate surface area is 73.6 Å². The Morgan fingerprint density at radius 1 is 1.62 bits per heavy atom. The van der Waals surface area contributed by atoms with Crippen molar-refractivity contribution in [1.82, 2.24) is 4.98 Å². The van der Waals surface area contributed by atoms with Crippen LogP contribution < -0.4 is 4.74 Å². The third-order valence-electron chi connectivity index (χ3n) is 1.44. The lowest BCUT2D eigenvalue weighted by molar-refractivity contribution is 0.150. The number of hydrogen-bond donors (Lipinski definition) is 0. The van der Waals surface area contributed by atoms with Gasteiger partial charge >= 0.3 is 0 Å². The molecule has 1 rings (SSSR count). The Hall–Kier alpha value is -1.70. The van der Waals surface area contributed by atoms with Crippen molar-refractivity contribution in [2.75, 3.05) is 7.11 Å². The molecule has 1 aromatic heterocycles. The number of aromatic nitrogens is 1. The van der Waals surface area contributed by atoms with Crippen LogP contribution in [0.5, 0.6) is 5.88 Å². The van der Waals surface area contributed by atoms with Crippen molar-refractivity contribution in [3.8, 4) is 11.9 Å². The van der Waals surface area contributed by atoms with Gasteiger partial charge in [0, 0.05) is 11.8 Å². The van der Waals surface area contributed by atoms with Crippen molar-refractivity contribution in [2.45, 2.75) is 6.43 Å². The molecule has 13 heavy (non-hydrogen) atoms. The summed E-state index contributed by atoms with van der Waals surface area (Å²) in [5, 5.41) is 8.54. The minimum absolute atomic E-state index is 0.0142. The molecule has 0 N–H and O–H groups in total. The number of alkyl halides is 2. The smallest absolute Gasteiger partial charge is 0.265 e. The second kappa shape index (κ2) is 3.81. The van der Waals surface area contributed by atoms with E-state index in [1.807, 2.05) is 0 Å². The average molecular weight is 184 g/mol. The SMILES string of the molecule is COc1ncc(C(F)F)cc1C#N. The van der Waals surface area contributed by atoms with Gasteiger partial charge in [0.05, 0.1) is 7.11 Å². The fourth-order valence-electron chi connectivity index (χ4n) is 0.830. The van der Waals surface area contributed by atoms with Crippen molar-refractivity contribution < 1.29 is 13.5 Å². The van der Waals surface area contributed by atoms with E-state index in [1.165, 1.54) is 7.11 Å². The minimum Gasteiger partial charge on any atom is -0.480 e. The van der Waals surface area contributed by atoms with Crippen LogP contribution in [0.25, 0.3) is 0 Å². The van der Waals surface area contributed by atoms with Crippen molar-refractivity contribution >= 4 is 0 Å². The first-order chi connectivity index (χ1) is 6.19. The molecule has 0 saturated carbocycles. The van der Waals surface area contributed by atoms with Crippen molar-refractivity contribution in [2.24, 2.45) is 0 Å². The molecule has 0 fully saturated rings. The lowest BCUT2D eigenvalue weighted by atomic mass is 10.2. The van der Waals surface area contributed by atoms with Crippen molar-refractivity contribution in [1.29, 1.82) is 5.26 Å². The van der Waals surface area contributed by atoms with Gasteiger partial charge in [-0.15, -0.1) is 0 Å². The molecule has 0 aliphatic heterocycles. The largest absolute Gasteiger partial charge is 0.480 e. The predicted molar refractivity (Wildman–Crippen MR) is 40.5 cm³/mol. The van der Waals surface area contributed by atoms with Gasteiger partial charge in [-0.1, -0.05) is 0 Å². The highest BCUT2D eigenvalue weighted by Gasteiger charge is 2.11. The van der Waals surface area contributed by atoms with Crippen LogP contribution in [-0.4, -0.2) is 12.1 Å². The fourth-order valence-corrected chi connectivity index (χ4v) is 0.830. The molecular weight excluding hydrogens is 178 g/mol. The first-order valence-corrected chi connectivity index (χ1v) is 3.41. The molecule has 0 atom stereocenters. The number of rotatable bonds is 2. The van der Waals surface area contributed by atoms with E-state index in [0.717, 1.165) is 12.3 Å². The molecule has 0 aromatic carbocycles. The van der Waals surface area contributed by atoms with Crippen LogP contribution in [0.1, 0.15) is 17.6 Å². The summed E-state index contributed by atoms with van der Waals surface area (Å²) in [5.41, 5.74) is -0.266. The van der Waals surface area contributed by atoms with E-state index in [1.54, 1.807) is 6.07 Å². The third kappa shape index (κ3) is 1.90. The molecule has 68 valence electrons. The molecule has 0 aliphatic rings. The summed E-state index contributed by atoms with van der Waals surface area (Å²) in [6, 6.07) is 2.79. The highest BCUT2D eigenvalue weighted by molar-refractivity contribution is 5.40. The lowest BCUT2D eigenvalue weighted by Crippen LogP contribution is -1.94. The fraction of sp³-hybridized carbons (Fsp3) is 0.250. The maximum absolute atomic E-state index is 12.1. The van der Waals surface area contributed by atoms with Crippen LogP contribution in [0.2, 0.25) is 0 Å². The summed E-state index contributed by atoms with van der Waals surface area (Å²) >= 11 is 0. The summed E-state index contributed by atoms with van der Waals surface area (Å²) in [6.07, 6.45) is -1.63. The molecule has 1 aromatic rings. The van der Waals surface area contributed by atoms with Crippen LogP contribution in [0, 0.1) is 11.3 Å². The molecule has 1 heterocycles. The molecule has 3 nitrogen and oxygen atoms in total. The molecular formula is C8H6F2N2O. The number of nitriles is 1. The zero-order valence-corrected chi connectivity index (χ0v) is 6.79. The normalized spacial score (nSPS) is 9.77. The monoisotopic (exact) mass is 184 g/mol. The van der Waals surface area contributed by atoms with E-state index >= 15 is 0 Å². The van der Waals surface area contributed by atoms with E-state index in [9.17, 15) is 8.78 Å². The van der Waals surface area contributed by atoms with E-state index in [4.69, 9.17) is 10.00 Å². The molecule has 0 radical (unpaired) electrons. The van der Waals surface area contributed by atoms with E-state index in [2.05, 4.69) is 4.98 Å². The van der Waals surface area contributed by atoms with Crippen LogP contribution in [0.15, 0.2) is 12.3 Å². The zero-order chi connectivity index (χ0) is 9.84. The number of pyridine rings is 1. The maximum atomic E-state index is 12.1. The Morgan fingerprint density at radius 2 is 2.31 bits per heavy atom. The third-order valence-corrected chi connectivity index (χ3v) is 1.44. The highest BCUT2D eigenvalue weighted by atomic mass is 19.3. The van der Waals surface area contributed by atoms with Crippen LogP contribution in [0.3, 0.4) is 0 Å². The second-order valence-electron chi connectivity index (χ2n) is 2.24. The van der Waals surface area contributed by atoms with Gasteiger partial charge in [-0.3, -0.25) is 0 Å². The van der Waals surface area contributed by atoms with E-state index in [-0.39, 0.29) is 17.0 Å². The van der Waals surface area contributed by atoms with Gasteiger partial charge in [0.1, 0.15) is 11.6 Å². The van der Waals surface area contributed by atoms with Gasteiger partial charge < -0.3 is 4.74 Å². The molecule has 5 heteroatoms. The van der Waals surface area contributed by atoms with Gasteiger partial charge in [-0.25, -0.2) is 13.8 Å². The summed E-state index contributed by atoms with van der Waals surface area (Å²) in [4.78, 5) is 3.56. The van der Waals surface area contributed by atoms with E-state index in [0.29, 0.717) is 0 Å². The summed E-state index contributed by atoms with van der Waals surface area (Å²) in [7, 11) is 1.32. The quantitative estimate of drug-likeness (QED) is 0.705. The first-order valence-electron chi connectivity index (χ1n) is 3.41. The van der Waals surface area contributed by atoms with Gasteiger partial charge in [-0.05, 0) is 6.07 Å². The highest BCUT2D eigenvalue weighted by Crippen LogP contribution is 2.22. The first kappa shape index (κ1) is 9.39. The Morgan fingerprint density at radius 3 is 2.77 bits per heavy atom. The molecule has 0 amide bonds. The molecule has 0 aliphatic carbocycles. The van der Waals surface area contributed by atoms with Gasteiger partial charge in [0.2, 0.25) is 5.88 Å². The number of nitrogens with zero attached hydrogens (tertiary/aromatic N) is 2. The predicted octanol–water partition coefficient (Wildman–Crippen LogP) is 1.90. The Bertz CT molecular complexity index is 346. The Balaban J connectivity index is 3.15. The summed E-state index contributed by atoms with van der Waals surface area (Å²) in [6.45, 7) is 0. The maximum Gasteiger partial charge on any atom is 0.265 e. The lowest BCUT2D eigenvalue weighted by Gasteiger charge is -2.03. The van der Waals surface area contributed by atoms with Crippen LogP contribution in [0.4, 0.5) is 8.78 Å². The second-order valence-corrected chi connectivity index (χ2v) is 2.24. The zero-order valence-electron chi connectivity index (χ0n) is 6.79. The molecule has 0 saturated heterocycles. The number of halogens is 2. The van der Waals surface area contributed by atoms with Gasteiger partial charge in [0.25, 0.3) is 6.43 Å². The number of ether oxygens (including phenoxy) is 1. The standard InChI is InChI=1S/C8H6F2N2O/c1-13-8-5(3-11)2-6(4-12-8)7(9)10/h2,4,7H,1H3. The van der Waals surface area contributed by atoms with Crippen molar-refractivity contribution in [3.63, 3.8) is 0 Å². The minimum atomic E-state index is -2.62. The summed E-state index contributed by atoms with van der Waals surface area (Å²) < 4.78 is 29.0. The topological polar surface area (TPSA) is 45.9 Å². The molecule has 0 unspecified atom stereocenters. The summed E-state index contributed by atoms with van der Waals surface area (Å²) in [5.74, 6) is 0.0619. The van der Waals surface area contributed by atoms with Crippen molar-refractivity contribution in [3.05, 3.63) is 23.4 Å².